The second-order valence-corrected chi connectivity index (χ2v) is 6.60. The van der Waals surface area contributed by atoms with Crippen LogP contribution in [0.15, 0.2) is 42.5 Å². The highest BCUT2D eigenvalue weighted by Gasteiger charge is 2.16. The van der Waals surface area contributed by atoms with Gasteiger partial charge in [-0.2, -0.15) is 0 Å². The van der Waals surface area contributed by atoms with E-state index in [1.807, 2.05) is 37.3 Å². The first-order valence-electron chi connectivity index (χ1n) is 8.69. The van der Waals surface area contributed by atoms with Crippen molar-refractivity contribution in [1.82, 2.24) is 10.2 Å². The monoisotopic (exact) mass is 356 g/mol. The van der Waals surface area contributed by atoms with Crippen LogP contribution in [0.2, 0.25) is 0 Å². The van der Waals surface area contributed by atoms with Crippen LogP contribution in [0.4, 0.5) is 4.79 Å². The third-order valence-electron chi connectivity index (χ3n) is 4.38. The van der Waals surface area contributed by atoms with Gasteiger partial charge in [-0.15, -0.1) is 0 Å². The van der Waals surface area contributed by atoms with Crippen molar-refractivity contribution in [3.63, 3.8) is 0 Å². The van der Waals surface area contributed by atoms with Crippen LogP contribution >= 0.6 is 0 Å². The summed E-state index contributed by atoms with van der Waals surface area (Å²) >= 11 is 0. The van der Waals surface area contributed by atoms with Gasteiger partial charge >= 0.3 is 6.03 Å². The van der Waals surface area contributed by atoms with E-state index >= 15 is 0 Å². The molecular formula is C20H24N2O4. The van der Waals surface area contributed by atoms with E-state index in [0.717, 1.165) is 35.5 Å². The van der Waals surface area contributed by atoms with Crippen molar-refractivity contribution in [1.29, 1.82) is 0 Å². The minimum atomic E-state index is -0.110. The Hall–Kier alpha value is -2.89. The Labute approximate surface area is 153 Å². The van der Waals surface area contributed by atoms with Gasteiger partial charge in [0, 0.05) is 19.6 Å². The van der Waals surface area contributed by atoms with Crippen LogP contribution in [-0.2, 0) is 13.0 Å². The number of phenols is 1. The minimum Gasteiger partial charge on any atom is -0.508 e. The molecule has 0 aromatic heterocycles. The molecule has 6 nitrogen and oxygen atoms in total. The number of benzene rings is 2. The summed E-state index contributed by atoms with van der Waals surface area (Å²) in [5.74, 6) is 1.72. The number of ether oxygens (including phenoxy) is 2. The molecule has 1 aliphatic heterocycles. The Balaban J connectivity index is 1.46. The number of phenolic OH excluding ortho intramolecular Hbond substituents is 1. The SMILES string of the molecule is C[C@H](CCc1ccc(O)cc1)NC(=O)N(C)Cc1ccc2c(c1)OCO2. The van der Waals surface area contributed by atoms with Gasteiger partial charge in [-0.3, -0.25) is 0 Å². The number of carbonyl (C=O) groups excluding carboxylic acids is 1. The molecular weight excluding hydrogens is 332 g/mol. The quantitative estimate of drug-likeness (QED) is 0.833. The topological polar surface area (TPSA) is 71.0 Å². The highest BCUT2D eigenvalue weighted by molar-refractivity contribution is 5.74. The Morgan fingerprint density at radius 1 is 1.15 bits per heavy atom. The molecule has 6 heteroatoms. The van der Waals surface area contributed by atoms with Gasteiger partial charge in [0.2, 0.25) is 6.79 Å². The van der Waals surface area contributed by atoms with Crippen molar-refractivity contribution in [2.24, 2.45) is 0 Å². The van der Waals surface area contributed by atoms with Crippen LogP contribution in [0.3, 0.4) is 0 Å². The molecule has 0 aliphatic carbocycles. The second kappa shape index (κ2) is 7.99. The third-order valence-corrected chi connectivity index (χ3v) is 4.38. The lowest BCUT2D eigenvalue weighted by Crippen LogP contribution is -2.41. The van der Waals surface area contributed by atoms with Gasteiger partial charge < -0.3 is 24.8 Å². The van der Waals surface area contributed by atoms with Gasteiger partial charge in [0.1, 0.15) is 5.75 Å². The third kappa shape index (κ3) is 4.59. The average molecular weight is 356 g/mol. The maximum atomic E-state index is 12.4. The molecule has 1 heterocycles. The highest BCUT2D eigenvalue weighted by atomic mass is 16.7. The van der Waals surface area contributed by atoms with E-state index in [9.17, 15) is 9.90 Å². The summed E-state index contributed by atoms with van der Waals surface area (Å²) in [7, 11) is 1.77. The zero-order valence-electron chi connectivity index (χ0n) is 15.1. The Kier molecular flexibility index (Phi) is 5.51. The predicted octanol–water partition coefficient (Wildman–Crippen LogP) is 3.28. The smallest absolute Gasteiger partial charge is 0.317 e. The van der Waals surface area contributed by atoms with Crippen LogP contribution in [0.1, 0.15) is 24.5 Å². The van der Waals surface area contributed by atoms with Crippen molar-refractivity contribution in [2.75, 3.05) is 13.8 Å². The van der Waals surface area contributed by atoms with Crippen LogP contribution in [0.25, 0.3) is 0 Å². The van der Waals surface area contributed by atoms with E-state index in [1.165, 1.54) is 0 Å². The van der Waals surface area contributed by atoms with Crippen LogP contribution in [0, 0.1) is 0 Å². The molecule has 2 aromatic carbocycles. The van der Waals surface area contributed by atoms with Crippen LogP contribution in [0.5, 0.6) is 17.2 Å². The lowest BCUT2D eigenvalue weighted by molar-refractivity contribution is 0.174. The molecule has 0 spiro atoms. The van der Waals surface area contributed by atoms with Gasteiger partial charge in [-0.05, 0) is 55.2 Å². The molecule has 2 aromatic rings. The molecule has 138 valence electrons. The minimum absolute atomic E-state index is 0.0514. The molecule has 2 amide bonds. The van der Waals surface area contributed by atoms with Gasteiger partial charge in [0.05, 0.1) is 0 Å². The van der Waals surface area contributed by atoms with E-state index in [2.05, 4.69) is 5.32 Å². The maximum absolute atomic E-state index is 12.4. The number of nitrogens with zero attached hydrogens (tertiary/aromatic N) is 1. The Bertz CT molecular complexity index is 761. The predicted molar refractivity (Wildman–Crippen MR) is 98.5 cm³/mol. The molecule has 3 rings (SSSR count). The number of rotatable bonds is 6. The lowest BCUT2D eigenvalue weighted by Gasteiger charge is -2.21. The van der Waals surface area contributed by atoms with E-state index in [-0.39, 0.29) is 24.6 Å². The summed E-state index contributed by atoms with van der Waals surface area (Å²) in [4.78, 5) is 14.0. The number of aryl methyl sites for hydroxylation is 1. The largest absolute Gasteiger partial charge is 0.508 e. The fourth-order valence-electron chi connectivity index (χ4n) is 2.82. The maximum Gasteiger partial charge on any atom is 0.317 e. The number of urea groups is 1. The summed E-state index contributed by atoms with van der Waals surface area (Å²) in [6, 6.07) is 12.8. The molecule has 1 atom stereocenters. The van der Waals surface area contributed by atoms with Gasteiger partial charge in [0.25, 0.3) is 0 Å². The molecule has 0 unspecified atom stereocenters. The molecule has 0 saturated heterocycles. The zero-order chi connectivity index (χ0) is 18.5. The van der Waals surface area contributed by atoms with Crippen molar-refractivity contribution in [2.45, 2.75) is 32.4 Å². The number of fused-ring (bicyclic) bond motifs is 1. The molecule has 26 heavy (non-hydrogen) atoms. The Morgan fingerprint density at radius 3 is 2.62 bits per heavy atom. The van der Waals surface area contributed by atoms with Crippen molar-refractivity contribution in [3.8, 4) is 17.2 Å². The number of hydrogen-bond donors (Lipinski definition) is 2. The number of aromatic hydroxyl groups is 1. The average Bonchev–Trinajstić information content (AvgIpc) is 3.09. The first-order valence-corrected chi connectivity index (χ1v) is 8.69. The molecule has 0 saturated carbocycles. The van der Waals surface area contributed by atoms with E-state index < -0.39 is 0 Å². The molecule has 0 bridgehead atoms. The molecule has 0 radical (unpaired) electrons. The molecule has 2 N–H and O–H groups in total. The van der Waals surface area contributed by atoms with Crippen LogP contribution in [-0.4, -0.2) is 35.9 Å². The summed E-state index contributed by atoms with van der Waals surface area (Å²) in [5.41, 5.74) is 2.13. The first-order chi connectivity index (χ1) is 12.5. The number of hydrogen-bond acceptors (Lipinski definition) is 4. The normalized spacial score (nSPS) is 13.3. The fourth-order valence-corrected chi connectivity index (χ4v) is 2.82. The summed E-state index contributed by atoms with van der Waals surface area (Å²) in [6.45, 7) is 2.73. The van der Waals surface area contributed by atoms with E-state index in [1.54, 1.807) is 24.1 Å². The van der Waals surface area contributed by atoms with Gasteiger partial charge in [-0.25, -0.2) is 4.79 Å². The van der Waals surface area contributed by atoms with E-state index in [0.29, 0.717) is 6.54 Å². The second-order valence-electron chi connectivity index (χ2n) is 6.60. The molecule has 1 aliphatic rings. The fraction of sp³-hybridized carbons (Fsp3) is 0.350. The first kappa shape index (κ1) is 17.9. The summed E-state index contributed by atoms with van der Waals surface area (Å²) < 4.78 is 10.7. The summed E-state index contributed by atoms with van der Waals surface area (Å²) in [5, 5.41) is 12.3. The number of carbonyl (C=O) groups is 1. The van der Waals surface area contributed by atoms with E-state index in [4.69, 9.17) is 9.47 Å². The van der Waals surface area contributed by atoms with Crippen LogP contribution < -0.4 is 14.8 Å². The standard InChI is InChI=1S/C20H24N2O4/c1-14(3-4-15-5-8-17(23)9-6-15)21-20(24)22(2)12-16-7-10-18-19(11-16)26-13-25-18/h5-11,14,23H,3-4,12-13H2,1-2H3,(H,21,24)/t14-/m1/s1. The van der Waals surface area contributed by atoms with Crippen molar-refractivity contribution >= 4 is 6.03 Å². The van der Waals surface area contributed by atoms with Gasteiger partial charge in [-0.1, -0.05) is 18.2 Å². The summed E-state index contributed by atoms with van der Waals surface area (Å²) in [6.07, 6.45) is 1.67. The van der Waals surface area contributed by atoms with Crippen molar-refractivity contribution in [3.05, 3.63) is 53.6 Å². The lowest BCUT2D eigenvalue weighted by atomic mass is 10.1. The zero-order valence-corrected chi connectivity index (χ0v) is 15.1. The molecule has 0 fully saturated rings. The number of amides is 2. The number of nitrogens with one attached hydrogen (secondary N) is 1. The Morgan fingerprint density at radius 2 is 1.85 bits per heavy atom. The highest BCUT2D eigenvalue weighted by Crippen LogP contribution is 2.32. The van der Waals surface area contributed by atoms with Crippen molar-refractivity contribution < 1.29 is 19.4 Å². The van der Waals surface area contributed by atoms with Gasteiger partial charge in [0.15, 0.2) is 11.5 Å².